The number of nitrogen functional groups attached to an aromatic ring is 1. The van der Waals surface area contributed by atoms with E-state index in [0.29, 0.717) is 12.6 Å². The highest BCUT2D eigenvalue weighted by molar-refractivity contribution is 5.36. The van der Waals surface area contributed by atoms with E-state index < -0.39 is 0 Å². The smallest absolute Gasteiger partial charge is 0.323 e. The van der Waals surface area contributed by atoms with Crippen LogP contribution in [0.15, 0.2) is 0 Å². The number of ether oxygens (including phenoxy) is 1. The zero-order chi connectivity index (χ0) is 14.4. The summed E-state index contributed by atoms with van der Waals surface area (Å²) in [6.45, 7) is 2.31. The Morgan fingerprint density at radius 3 is 2.70 bits per heavy atom. The van der Waals surface area contributed by atoms with Gasteiger partial charge in [-0.3, -0.25) is 5.43 Å². The molecule has 1 aromatic heterocycles. The van der Waals surface area contributed by atoms with Crippen LogP contribution >= 0.6 is 0 Å². The molecule has 0 aliphatic heterocycles. The van der Waals surface area contributed by atoms with Gasteiger partial charge >= 0.3 is 6.01 Å². The van der Waals surface area contributed by atoms with Gasteiger partial charge in [-0.25, -0.2) is 5.84 Å². The molecule has 0 radical (unpaired) electrons. The third kappa shape index (κ3) is 3.91. The molecule has 1 aliphatic rings. The maximum absolute atomic E-state index is 10.1. The lowest BCUT2D eigenvalue weighted by Gasteiger charge is -2.21. The highest BCUT2D eigenvalue weighted by Gasteiger charge is 2.22. The van der Waals surface area contributed by atoms with E-state index in [9.17, 15) is 5.11 Å². The van der Waals surface area contributed by atoms with Crippen molar-refractivity contribution in [3.05, 3.63) is 0 Å². The van der Waals surface area contributed by atoms with E-state index in [2.05, 4.69) is 25.7 Å². The third-order valence-electron chi connectivity index (χ3n) is 3.31. The number of hydrogen-bond donors (Lipinski definition) is 4. The summed E-state index contributed by atoms with van der Waals surface area (Å²) in [5, 5.41) is 13.3. The van der Waals surface area contributed by atoms with E-state index in [0.717, 1.165) is 32.1 Å². The zero-order valence-corrected chi connectivity index (χ0v) is 11.7. The van der Waals surface area contributed by atoms with Gasteiger partial charge in [0.1, 0.15) is 0 Å². The van der Waals surface area contributed by atoms with Gasteiger partial charge in [0.05, 0.1) is 18.8 Å². The van der Waals surface area contributed by atoms with Crippen molar-refractivity contribution in [2.24, 2.45) is 5.84 Å². The van der Waals surface area contributed by atoms with Crippen LogP contribution in [0, 0.1) is 0 Å². The monoisotopic (exact) mass is 282 g/mol. The lowest BCUT2D eigenvalue weighted by molar-refractivity contribution is 0.144. The van der Waals surface area contributed by atoms with Crippen molar-refractivity contribution in [1.82, 2.24) is 15.0 Å². The molecule has 1 aliphatic carbocycles. The average Bonchev–Trinajstić information content (AvgIpc) is 2.64. The quantitative estimate of drug-likeness (QED) is 0.353. The molecular weight excluding hydrogens is 260 g/mol. The Bertz CT molecular complexity index is 430. The summed E-state index contributed by atoms with van der Waals surface area (Å²) in [7, 11) is 0. The SMILES string of the molecule is CCOc1nc(NN)nc(NC2CCCCCC2O)n1. The van der Waals surface area contributed by atoms with Gasteiger partial charge < -0.3 is 15.2 Å². The summed E-state index contributed by atoms with van der Waals surface area (Å²) >= 11 is 0. The van der Waals surface area contributed by atoms with Crippen LogP contribution in [0.2, 0.25) is 0 Å². The van der Waals surface area contributed by atoms with Crippen LogP contribution in [-0.2, 0) is 0 Å². The number of nitrogens with two attached hydrogens (primary N) is 1. The number of aromatic nitrogens is 3. The van der Waals surface area contributed by atoms with Gasteiger partial charge in [-0.15, -0.1) is 0 Å². The maximum atomic E-state index is 10.1. The second-order valence-electron chi connectivity index (χ2n) is 4.80. The summed E-state index contributed by atoms with van der Waals surface area (Å²) < 4.78 is 5.27. The van der Waals surface area contributed by atoms with Gasteiger partial charge in [0.15, 0.2) is 0 Å². The molecule has 2 atom stereocenters. The van der Waals surface area contributed by atoms with Crippen LogP contribution in [0.25, 0.3) is 0 Å². The third-order valence-corrected chi connectivity index (χ3v) is 3.31. The highest BCUT2D eigenvalue weighted by atomic mass is 16.5. The normalized spacial score (nSPS) is 22.9. The first-order valence-corrected chi connectivity index (χ1v) is 7.03. The van der Waals surface area contributed by atoms with Crippen LogP contribution in [0.3, 0.4) is 0 Å². The predicted octanol–water partition coefficient (Wildman–Crippen LogP) is 0.661. The van der Waals surface area contributed by atoms with Crippen LogP contribution in [0.4, 0.5) is 11.9 Å². The lowest BCUT2D eigenvalue weighted by Crippen LogP contribution is -2.33. The Labute approximate surface area is 118 Å². The molecule has 0 saturated heterocycles. The molecule has 2 unspecified atom stereocenters. The van der Waals surface area contributed by atoms with Gasteiger partial charge in [0.2, 0.25) is 11.9 Å². The minimum absolute atomic E-state index is 0.0556. The Morgan fingerprint density at radius 2 is 1.95 bits per heavy atom. The molecule has 8 nitrogen and oxygen atoms in total. The summed E-state index contributed by atoms with van der Waals surface area (Å²) in [5.41, 5.74) is 2.38. The van der Waals surface area contributed by atoms with Crippen LogP contribution in [-0.4, -0.2) is 38.8 Å². The molecule has 5 N–H and O–H groups in total. The molecule has 1 heterocycles. The van der Waals surface area contributed by atoms with Gasteiger partial charge in [-0.1, -0.05) is 19.3 Å². The number of nitrogens with one attached hydrogen (secondary N) is 2. The van der Waals surface area contributed by atoms with Crippen LogP contribution < -0.4 is 21.3 Å². The fourth-order valence-corrected chi connectivity index (χ4v) is 2.30. The second-order valence-corrected chi connectivity index (χ2v) is 4.80. The summed E-state index contributed by atoms with van der Waals surface area (Å²) in [4.78, 5) is 12.3. The molecule has 0 amide bonds. The van der Waals surface area contributed by atoms with Gasteiger partial charge in [-0.2, -0.15) is 15.0 Å². The first-order valence-electron chi connectivity index (χ1n) is 7.03. The molecule has 20 heavy (non-hydrogen) atoms. The standard InChI is InChI=1S/C12H22N6O2/c1-2-20-12-16-10(15-11(17-12)18-13)14-8-6-4-3-5-7-9(8)19/h8-9,19H,2-7,13H2,1H3,(H2,14,15,16,17,18). The molecule has 0 bridgehead atoms. The highest BCUT2D eigenvalue weighted by Crippen LogP contribution is 2.21. The number of hydrazine groups is 1. The maximum Gasteiger partial charge on any atom is 0.323 e. The van der Waals surface area contributed by atoms with E-state index in [4.69, 9.17) is 10.6 Å². The first kappa shape index (κ1) is 14.7. The van der Waals surface area contributed by atoms with E-state index in [1.165, 1.54) is 0 Å². The van der Waals surface area contributed by atoms with E-state index in [-0.39, 0.29) is 24.1 Å². The van der Waals surface area contributed by atoms with Crippen molar-refractivity contribution in [3.63, 3.8) is 0 Å². The minimum atomic E-state index is -0.390. The molecule has 0 spiro atoms. The number of anilines is 2. The lowest BCUT2D eigenvalue weighted by atomic mass is 10.1. The molecule has 112 valence electrons. The Hall–Kier alpha value is -1.67. The van der Waals surface area contributed by atoms with Gasteiger partial charge in [0.25, 0.3) is 0 Å². The molecular formula is C12H22N6O2. The van der Waals surface area contributed by atoms with E-state index in [1.807, 2.05) is 6.92 Å². The number of hydrogen-bond acceptors (Lipinski definition) is 8. The van der Waals surface area contributed by atoms with Crippen molar-refractivity contribution < 1.29 is 9.84 Å². The number of rotatable bonds is 5. The Kier molecular flexibility index (Phi) is 5.31. The molecule has 0 aromatic carbocycles. The average molecular weight is 282 g/mol. The summed E-state index contributed by atoms with van der Waals surface area (Å²) in [6, 6.07) is 0.154. The zero-order valence-electron chi connectivity index (χ0n) is 11.7. The molecule has 1 saturated carbocycles. The molecule has 1 fully saturated rings. The van der Waals surface area contributed by atoms with Crippen LogP contribution in [0.1, 0.15) is 39.0 Å². The van der Waals surface area contributed by atoms with E-state index in [1.54, 1.807) is 0 Å². The molecule has 2 rings (SSSR count). The second kappa shape index (κ2) is 7.20. The number of aliphatic hydroxyl groups is 1. The Balaban J connectivity index is 2.12. The van der Waals surface area contributed by atoms with Crippen molar-refractivity contribution in [1.29, 1.82) is 0 Å². The Morgan fingerprint density at radius 1 is 1.20 bits per heavy atom. The summed E-state index contributed by atoms with van der Waals surface area (Å²) in [6.07, 6.45) is 4.58. The molecule has 1 aromatic rings. The van der Waals surface area contributed by atoms with Crippen molar-refractivity contribution in [2.45, 2.75) is 51.2 Å². The van der Waals surface area contributed by atoms with E-state index >= 15 is 0 Å². The van der Waals surface area contributed by atoms with Crippen molar-refractivity contribution >= 4 is 11.9 Å². The number of aliphatic hydroxyl groups excluding tert-OH is 1. The minimum Gasteiger partial charge on any atom is -0.464 e. The van der Waals surface area contributed by atoms with Crippen molar-refractivity contribution in [3.8, 4) is 6.01 Å². The number of nitrogens with zero attached hydrogens (tertiary/aromatic N) is 3. The fourth-order valence-electron chi connectivity index (χ4n) is 2.30. The van der Waals surface area contributed by atoms with Gasteiger partial charge in [-0.05, 0) is 19.8 Å². The largest absolute Gasteiger partial charge is 0.464 e. The predicted molar refractivity (Wildman–Crippen MR) is 75.3 cm³/mol. The van der Waals surface area contributed by atoms with Crippen LogP contribution in [0.5, 0.6) is 6.01 Å². The van der Waals surface area contributed by atoms with Gasteiger partial charge in [0, 0.05) is 0 Å². The summed E-state index contributed by atoms with van der Waals surface area (Å²) in [5.74, 6) is 5.93. The first-order chi connectivity index (χ1) is 9.72. The topological polar surface area (TPSA) is 118 Å². The molecule has 8 heteroatoms. The van der Waals surface area contributed by atoms with Crippen molar-refractivity contribution in [2.75, 3.05) is 17.3 Å². The fraction of sp³-hybridized carbons (Fsp3) is 0.750.